The molecule has 1 fully saturated rings. The molecule has 1 saturated heterocycles. The van der Waals surface area contributed by atoms with Crippen molar-refractivity contribution in [2.75, 3.05) is 32.7 Å². The number of hydrogen-bond acceptors (Lipinski definition) is 4. The summed E-state index contributed by atoms with van der Waals surface area (Å²) < 4.78 is 0. The molecule has 0 aliphatic carbocycles. The van der Waals surface area contributed by atoms with Gasteiger partial charge >= 0.3 is 11.8 Å². The van der Waals surface area contributed by atoms with Crippen molar-refractivity contribution in [1.29, 1.82) is 0 Å². The number of carbonyl (C=O) groups excluding carboxylic acids is 3. The highest BCUT2D eigenvalue weighted by Gasteiger charge is 2.32. The predicted molar refractivity (Wildman–Crippen MR) is 86.6 cm³/mol. The van der Waals surface area contributed by atoms with E-state index < -0.39 is 17.4 Å². The van der Waals surface area contributed by atoms with Crippen LogP contribution in [-0.4, -0.2) is 65.8 Å². The number of likely N-dealkylation sites (N-methyl/N-ethyl adjacent to an activating group) is 1. The molecule has 0 aromatic rings. The standard InChI is InChI=1S/C14H26N4O3.ClH/c1-4-14(15,5-2)10-16-11(19)9-18-8-7-17(6-3)12(20)13(18)21;/h4-10,15H2,1-3H3,(H,16,19);1H. The van der Waals surface area contributed by atoms with E-state index in [0.717, 1.165) is 12.8 Å². The lowest BCUT2D eigenvalue weighted by Crippen LogP contribution is -2.57. The molecule has 0 spiro atoms. The summed E-state index contributed by atoms with van der Waals surface area (Å²) in [5.41, 5.74) is 5.69. The highest BCUT2D eigenvalue weighted by atomic mass is 35.5. The third-order valence-electron chi connectivity index (χ3n) is 4.16. The molecular formula is C14H27ClN4O3. The van der Waals surface area contributed by atoms with Crippen LogP contribution in [0.1, 0.15) is 33.6 Å². The molecule has 3 N–H and O–H groups in total. The summed E-state index contributed by atoms with van der Waals surface area (Å²) in [7, 11) is 0. The number of nitrogens with one attached hydrogen (secondary N) is 1. The van der Waals surface area contributed by atoms with Crippen molar-refractivity contribution >= 4 is 30.1 Å². The Kier molecular flexibility index (Phi) is 8.40. The fourth-order valence-corrected chi connectivity index (χ4v) is 2.17. The van der Waals surface area contributed by atoms with Gasteiger partial charge in [0, 0.05) is 31.7 Å². The van der Waals surface area contributed by atoms with Gasteiger partial charge in [-0.15, -0.1) is 12.4 Å². The summed E-state index contributed by atoms with van der Waals surface area (Å²) in [6, 6.07) is 0. The topological polar surface area (TPSA) is 95.7 Å². The lowest BCUT2D eigenvalue weighted by Gasteiger charge is -2.33. The maximum atomic E-state index is 11.9. The second kappa shape index (κ2) is 8.95. The first-order valence-corrected chi connectivity index (χ1v) is 7.50. The van der Waals surface area contributed by atoms with Gasteiger partial charge in [0.15, 0.2) is 0 Å². The number of nitrogens with zero attached hydrogens (tertiary/aromatic N) is 2. The van der Waals surface area contributed by atoms with Gasteiger partial charge in [-0.3, -0.25) is 14.4 Å². The molecular weight excluding hydrogens is 308 g/mol. The average Bonchev–Trinajstić information content (AvgIpc) is 2.50. The van der Waals surface area contributed by atoms with Crippen molar-refractivity contribution in [3.05, 3.63) is 0 Å². The molecule has 0 aromatic heterocycles. The minimum atomic E-state index is -0.608. The first kappa shape index (κ1) is 20.7. The van der Waals surface area contributed by atoms with Crippen LogP contribution >= 0.6 is 12.4 Å². The highest BCUT2D eigenvalue weighted by Crippen LogP contribution is 2.09. The van der Waals surface area contributed by atoms with Crippen LogP contribution in [0.2, 0.25) is 0 Å². The summed E-state index contributed by atoms with van der Waals surface area (Å²) in [5, 5.41) is 2.75. The van der Waals surface area contributed by atoms with Crippen molar-refractivity contribution < 1.29 is 14.4 Å². The van der Waals surface area contributed by atoms with Gasteiger partial charge in [0.1, 0.15) is 6.54 Å². The second-order valence-corrected chi connectivity index (χ2v) is 5.46. The molecule has 1 aliphatic heterocycles. The maximum Gasteiger partial charge on any atom is 0.312 e. The number of rotatable bonds is 7. The van der Waals surface area contributed by atoms with E-state index in [1.165, 1.54) is 9.80 Å². The normalized spacial score (nSPS) is 15.6. The van der Waals surface area contributed by atoms with Gasteiger partial charge in [-0.05, 0) is 19.8 Å². The van der Waals surface area contributed by atoms with Crippen LogP contribution < -0.4 is 11.1 Å². The van der Waals surface area contributed by atoms with Gasteiger partial charge in [-0.1, -0.05) is 13.8 Å². The smallest absolute Gasteiger partial charge is 0.312 e. The van der Waals surface area contributed by atoms with E-state index in [4.69, 9.17) is 5.73 Å². The van der Waals surface area contributed by atoms with Crippen LogP contribution in [0.25, 0.3) is 0 Å². The Labute approximate surface area is 138 Å². The zero-order valence-corrected chi connectivity index (χ0v) is 14.4. The molecule has 0 atom stereocenters. The Bertz CT molecular complexity index is 413. The van der Waals surface area contributed by atoms with Crippen molar-refractivity contribution in [2.24, 2.45) is 5.73 Å². The maximum absolute atomic E-state index is 11.9. The summed E-state index contributed by atoms with van der Waals surface area (Å²) in [6.07, 6.45) is 1.52. The largest absolute Gasteiger partial charge is 0.353 e. The molecule has 0 bridgehead atoms. The Morgan fingerprint density at radius 3 is 2.14 bits per heavy atom. The van der Waals surface area contributed by atoms with E-state index in [0.29, 0.717) is 26.2 Å². The molecule has 0 aromatic carbocycles. The summed E-state index contributed by atoms with van der Waals surface area (Å²) in [5.74, 6) is -1.42. The van der Waals surface area contributed by atoms with E-state index >= 15 is 0 Å². The first-order chi connectivity index (χ1) is 9.86. The van der Waals surface area contributed by atoms with Crippen LogP contribution in [0.4, 0.5) is 0 Å². The van der Waals surface area contributed by atoms with E-state index in [1.54, 1.807) is 0 Å². The number of hydrogen-bond donors (Lipinski definition) is 2. The van der Waals surface area contributed by atoms with E-state index in [-0.39, 0.29) is 24.9 Å². The van der Waals surface area contributed by atoms with Crippen molar-refractivity contribution in [3.8, 4) is 0 Å². The van der Waals surface area contributed by atoms with E-state index in [9.17, 15) is 14.4 Å². The number of halogens is 1. The number of carbonyl (C=O) groups is 3. The van der Waals surface area contributed by atoms with Gasteiger partial charge < -0.3 is 20.9 Å². The second-order valence-electron chi connectivity index (χ2n) is 5.46. The minimum absolute atomic E-state index is 0. The van der Waals surface area contributed by atoms with Gasteiger partial charge in [-0.2, -0.15) is 0 Å². The van der Waals surface area contributed by atoms with Crippen molar-refractivity contribution in [3.63, 3.8) is 0 Å². The fourth-order valence-electron chi connectivity index (χ4n) is 2.17. The predicted octanol–water partition coefficient (Wildman–Crippen LogP) is -0.267. The van der Waals surface area contributed by atoms with Crippen molar-refractivity contribution in [1.82, 2.24) is 15.1 Å². The summed E-state index contributed by atoms with van der Waals surface area (Å²) >= 11 is 0. The monoisotopic (exact) mass is 334 g/mol. The molecule has 22 heavy (non-hydrogen) atoms. The fraction of sp³-hybridized carbons (Fsp3) is 0.786. The third-order valence-corrected chi connectivity index (χ3v) is 4.16. The van der Waals surface area contributed by atoms with Crippen molar-refractivity contribution in [2.45, 2.75) is 39.2 Å². The van der Waals surface area contributed by atoms with Gasteiger partial charge in [0.25, 0.3) is 0 Å². The van der Waals surface area contributed by atoms with Gasteiger partial charge in [-0.25, -0.2) is 0 Å². The zero-order chi connectivity index (χ0) is 16.0. The molecule has 128 valence electrons. The SMILES string of the molecule is CCN1CCN(CC(=O)NCC(N)(CC)CC)C(=O)C1=O.Cl. The molecule has 0 saturated carbocycles. The molecule has 0 radical (unpaired) electrons. The average molecular weight is 335 g/mol. The lowest BCUT2D eigenvalue weighted by atomic mass is 9.94. The van der Waals surface area contributed by atoms with Crippen LogP contribution in [0, 0.1) is 0 Å². The third kappa shape index (κ3) is 5.14. The molecule has 3 amide bonds. The molecule has 1 rings (SSSR count). The molecule has 1 aliphatic rings. The van der Waals surface area contributed by atoms with Crippen LogP contribution in [-0.2, 0) is 14.4 Å². The zero-order valence-electron chi connectivity index (χ0n) is 13.6. The summed E-state index contributed by atoms with van der Waals surface area (Å²) in [6.45, 7) is 7.42. The van der Waals surface area contributed by atoms with Gasteiger partial charge in [0.2, 0.25) is 5.91 Å². The molecule has 7 nitrogen and oxygen atoms in total. The highest BCUT2D eigenvalue weighted by molar-refractivity contribution is 6.35. The Morgan fingerprint density at radius 1 is 1.14 bits per heavy atom. The van der Waals surface area contributed by atoms with Gasteiger partial charge in [0.05, 0.1) is 0 Å². The van der Waals surface area contributed by atoms with Crippen LogP contribution in [0.15, 0.2) is 0 Å². The molecule has 0 unspecified atom stereocenters. The molecule has 8 heteroatoms. The summed E-state index contributed by atoms with van der Waals surface area (Å²) in [4.78, 5) is 38.3. The quantitative estimate of drug-likeness (QED) is 0.627. The molecule has 1 heterocycles. The van der Waals surface area contributed by atoms with E-state index in [1.807, 2.05) is 20.8 Å². The Balaban J connectivity index is 0.00000441. The van der Waals surface area contributed by atoms with E-state index in [2.05, 4.69) is 5.32 Å². The number of piperazine rings is 1. The van der Waals surface area contributed by atoms with Crippen LogP contribution in [0.3, 0.4) is 0 Å². The lowest BCUT2D eigenvalue weighted by molar-refractivity contribution is -0.156. The first-order valence-electron chi connectivity index (χ1n) is 7.50. The number of amides is 3. The Morgan fingerprint density at radius 2 is 1.64 bits per heavy atom. The van der Waals surface area contributed by atoms with Crippen LogP contribution in [0.5, 0.6) is 0 Å². The Hall–Kier alpha value is -1.34. The number of nitrogens with two attached hydrogens (primary N) is 1. The minimum Gasteiger partial charge on any atom is -0.353 e.